The molecule has 1 aliphatic carbocycles. The predicted molar refractivity (Wildman–Crippen MR) is 85.1 cm³/mol. The summed E-state index contributed by atoms with van der Waals surface area (Å²) in [6, 6.07) is 9.20. The summed E-state index contributed by atoms with van der Waals surface area (Å²) in [5, 5.41) is 0.863. The molecule has 106 valence electrons. The Morgan fingerprint density at radius 2 is 1.95 bits per heavy atom. The lowest BCUT2D eigenvalue weighted by atomic mass is 10.1. The molecule has 0 atom stereocenters. The van der Waals surface area contributed by atoms with Crippen LogP contribution in [0.15, 0.2) is 47.9 Å². The molecular formula is C17H22N2S. The summed E-state index contributed by atoms with van der Waals surface area (Å²) in [6.07, 6.45) is 13.7. The summed E-state index contributed by atoms with van der Waals surface area (Å²) < 4.78 is 2.14. The first-order valence-electron chi connectivity index (χ1n) is 7.61. The molecule has 1 aromatic carbocycles. The first-order chi connectivity index (χ1) is 9.90. The Bertz CT molecular complexity index is 498. The van der Waals surface area contributed by atoms with Crippen LogP contribution in [0, 0.1) is 0 Å². The van der Waals surface area contributed by atoms with Crippen LogP contribution >= 0.6 is 11.8 Å². The number of benzene rings is 1. The number of imidazole rings is 1. The van der Waals surface area contributed by atoms with E-state index in [1.807, 2.05) is 18.7 Å². The topological polar surface area (TPSA) is 17.8 Å². The summed E-state index contributed by atoms with van der Waals surface area (Å²) >= 11 is 2.07. The molecule has 1 heterocycles. The van der Waals surface area contributed by atoms with Gasteiger partial charge in [0, 0.05) is 29.1 Å². The van der Waals surface area contributed by atoms with Gasteiger partial charge in [0.2, 0.25) is 0 Å². The number of aromatic nitrogens is 2. The van der Waals surface area contributed by atoms with Crippen molar-refractivity contribution < 1.29 is 0 Å². The monoisotopic (exact) mass is 286 g/mol. The van der Waals surface area contributed by atoms with Crippen LogP contribution in [0.2, 0.25) is 0 Å². The van der Waals surface area contributed by atoms with Crippen LogP contribution in [-0.4, -0.2) is 14.8 Å². The molecular weight excluding hydrogens is 264 g/mol. The molecule has 0 N–H and O–H groups in total. The van der Waals surface area contributed by atoms with Gasteiger partial charge in [-0.1, -0.05) is 25.0 Å². The number of rotatable bonds is 6. The third-order valence-corrected chi connectivity index (χ3v) is 5.32. The quantitative estimate of drug-likeness (QED) is 0.775. The standard InChI is InChI=1S/C17H22N2S/c1-2-6-16(5-1)20-17-9-7-15(8-10-17)4-3-12-19-13-11-18-14-19/h7-11,13-14,16H,1-6,12H2. The summed E-state index contributed by atoms with van der Waals surface area (Å²) in [5.74, 6) is 0. The van der Waals surface area contributed by atoms with E-state index in [2.05, 4.69) is 45.6 Å². The maximum atomic E-state index is 4.07. The molecule has 3 heteroatoms. The average molecular weight is 286 g/mol. The van der Waals surface area contributed by atoms with E-state index in [1.165, 1.54) is 42.6 Å². The van der Waals surface area contributed by atoms with Gasteiger partial charge in [0.05, 0.1) is 6.33 Å². The van der Waals surface area contributed by atoms with E-state index in [-0.39, 0.29) is 0 Å². The molecule has 3 rings (SSSR count). The zero-order chi connectivity index (χ0) is 13.6. The smallest absolute Gasteiger partial charge is 0.0945 e. The summed E-state index contributed by atoms with van der Waals surface area (Å²) in [4.78, 5) is 5.51. The Kier molecular flexibility index (Phi) is 4.80. The molecule has 1 fully saturated rings. The molecule has 0 unspecified atom stereocenters. The Hall–Kier alpha value is -1.22. The van der Waals surface area contributed by atoms with Crippen LogP contribution in [0.25, 0.3) is 0 Å². The van der Waals surface area contributed by atoms with Gasteiger partial charge in [-0.3, -0.25) is 0 Å². The van der Waals surface area contributed by atoms with E-state index in [0.29, 0.717) is 0 Å². The average Bonchev–Trinajstić information content (AvgIpc) is 3.14. The van der Waals surface area contributed by atoms with Gasteiger partial charge < -0.3 is 4.57 Å². The van der Waals surface area contributed by atoms with Crippen LogP contribution in [0.3, 0.4) is 0 Å². The van der Waals surface area contributed by atoms with Gasteiger partial charge in [-0.25, -0.2) is 4.98 Å². The van der Waals surface area contributed by atoms with Crippen LogP contribution in [0.4, 0.5) is 0 Å². The minimum absolute atomic E-state index is 0.863. The fraction of sp³-hybridized carbons (Fsp3) is 0.471. The zero-order valence-corrected chi connectivity index (χ0v) is 12.7. The number of thioether (sulfide) groups is 1. The van der Waals surface area contributed by atoms with Crippen molar-refractivity contribution in [2.24, 2.45) is 0 Å². The Labute approximate surface area is 125 Å². The highest BCUT2D eigenvalue weighted by Crippen LogP contribution is 2.34. The van der Waals surface area contributed by atoms with Crippen molar-refractivity contribution in [1.29, 1.82) is 0 Å². The van der Waals surface area contributed by atoms with Crippen LogP contribution < -0.4 is 0 Å². The second-order valence-corrected chi connectivity index (χ2v) is 6.95. The molecule has 2 aromatic rings. The lowest BCUT2D eigenvalue weighted by Crippen LogP contribution is -1.97. The van der Waals surface area contributed by atoms with Crippen LogP contribution in [0.1, 0.15) is 37.7 Å². The van der Waals surface area contributed by atoms with Gasteiger partial charge in [-0.05, 0) is 43.4 Å². The zero-order valence-electron chi connectivity index (χ0n) is 11.9. The molecule has 1 aliphatic rings. The summed E-state index contributed by atoms with van der Waals surface area (Å²) in [7, 11) is 0. The molecule has 2 nitrogen and oxygen atoms in total. The van der Waals surface area contributed by atoms with E-state index < -0.39 is 0 Å². The van der Waals surface area contributed by atoms with Crippen molar-refractivity contribution in [3.8, 4) is 0 Å². The van der Waals surface area contributed by atoms with Crippen molar-refractivity contribution in [2.45, 2.75) is 55.2 Å². The van der Waals surface area contributed by atoms with Gasteiger partial charge >= 0.3 is 0 Å². The fourth-order valence-electron chi connectivity index (χ4n) is 2.82. The second-order valence-electron chi connectivity index (χ2n) is 5.57. The lowest BCUT2D eigenvalue weighted by Gasteiger charge is -2.09. The largest absolute Gasteiger partial charge is 0.337 e. The Balaban J connectivity index is 1.45. The number of hydrogen-bond acceptors (Lipinski definition) is 2. The maximum absolute atomic E-state index is 4.07. The summed E-state index contributed by atoms with van der Waals surface area (Å²) in [6.45, 7) is 1.05. The minimum Gasteiger partial charge on any atom is -0.337 e. The Morgan fingerprint density at radius 1 is 1.15 bits per heavy atom. The van der Waals surface area contributed by atoms with Crippen LogP contribution in [-0.2, 0) is 13.0 Å². The third kappa shape index (κ3) is 3.89. The molecule has 0 bridgehead atoms. The molecule has 20 heavy (non-hydrogen) atoms. The van der Waals surface area contributed by atoms with E-state index >= 15 is 0 Å². The normalized spacial score (nSPS) is 15.8. The van der Waals surface area contributed by atoms with Gasteiger partial charge in [0.15, 0.2) is 0 Å². The highest BCUT2D eigenvalue weighted by Gasteiger charge is 2.15. The fourth-order valence-corrected chi connectivity index (χ4v) is 4.07. The predicted octanol–water partition coefficient (Wildman–Crippen LogP) is 4.55. The van der Waals surface area contributed by atoms with Gasteiger partial charge in [0.1, 0.15) is 0 Å². The first kappa shape index (κ1) is 13.7. The molecule has 0 radical (unpaired) electrons. The molecule has 0 aliphatic heterocycles. The summed E-state index contributed by atoms with van der Waals surface area (Å²) in [5.41, 5.74) is 1.45. The van der Waals surface area contributed by atoms with E-state index in [9.17, 15) is 0 Å². The van der Waals surface area contributed by atoms with Crippen molar-refractivity contribution >= 4 is 11.8 Å². The highest BCUT2D eigenvalue weighted by atomic mass is 32.2. The highest BCUT2D eigenvalue weighted by molar-refractivity contribution is 8.00. The molecule has 0 spiro atoms. The van der Waals surface area contributed by atoms with Crippen molar-refractivity contribution in [2.75, 3.05) is 0 Å². The first-order valence-corrected chi connectivity index (χ1v) is 8.49. The van der Waals surface area contributed by atoms with Gasteiger partial charge in [-0.2, -0.15) is 0 Å². The number of hydrogen-bond donors (Lipinski definition) is 0. The van der Waals surface area contributed by atoms with E-state index in [0.717, 1.165) is 18.2 Å². The molecule has 1 saturated carbocycles. The van der Waals surface area contributed by atoms with Gasteiger partial charge in [0.25, 0.3) is 0 Å². The lowest BCUT2D eigenvalue weighted by molar-refractivity contribution is 0.642. The maximum Gasteiger partial charge on any atom is 0.0945 e. The molecule has 0 amide bonds. The Morgan fingerprint density at radius 3 is 2.65 bits per heavy atom. The van der Waals surface area contributed by atoms with Crippen molar-refractivity contribution in [1.82, 2.24) is 9.55 Å². The van der Waals surface area contributed by atoms with Gasteiger partial charge in [-0.15, -0.1) is 11.8 Å². The molecule has 0 saturated heterocycles. The number of aryl methyl sites for hydroxylation is 2. The minimum atomic E-state index is 0.863. The van der Waals surface area contributed by atoms with Crippen molar-refractivity contribution in [3.05, 3.63) is 48.5 Å². The SMILES string of the molecule is c1cn(CCCc2ccc(SC3CCCC3)cc2)cn1. The van der Waals surface area contributed by atoms with Crippen molar-refractivity contribution in [3.63, 3.8) is 0 Å². The van der Waals surface area contributed by atoms with E-state index in [4.69, 9.17) is 0 Å². The molecule has 1 aromatic heterocycles. The number of nitrogens with zero attached hydrogens (tertiary/aromatic N) is 2. The van der Waals surface area contributed by atoms with E-state index in [1.54, 1.807) is 0 Å². The van der Waals surface area contributed by atoms with Crippen LogP contribution in [0.5, 0.6) is 0 Å². The second kappa shape index (κ2) is 6.98. The third-order valence-electron chi connectivity index (χ3n) is 3.97.